The molecule has 0 amide bonds. The summed E-state index contributed by atoms with van der Waals surface area (Å²) in [7, 11) is 0. The Kier molecular flexibility index (Phi) is 3.32. The van der Waals surface area contributed by atoms with Crippen LogP contribution in [0.1, 0.15) is 0 Å². The zero-order valence-electron chi connectivity index (χ0n) is 13.4. The van der Waals surface area contributed by atoms with E-state index in [9.17, 15) is 4.79 Å². The maximum absolute atomic E-state index is 11.2. The zero-order chi connectivity index (χ0) is 17.5. The van der Waals surface area contributed by atoms with E-state index in [2.05, 4.69) is 31.4 Å². The number of pyridine rings is 1. The average molecular weight is 360 g/mol. The summed E-state index contributed by atoms with van der Waals surface area (Å²) in [6.45, 7) is 0. The lowest BCUT2D eigenvalue weighted by Crippen LogP contribution is -1.96. The van der Waals surface area contributed by atoms with Crippen molar-refractivity contribution in [2.75, 3.05) is 5.32 Å². The van der Waals surface area contributed by atoms with Gasteiger partial charge in [0.1, 0.15) is 5.82 Å². The molecule has 0 unspecified atom stereocenters. The maximum Gasteiger partial charge on any atom is 0.439 e. The van der Waals surface area contributed by atoms with Crippen LogP contribution in [0.25, 0.3) is 32.4 Å². The molecule has 0 atom stereocenters. The summed E-state index contributed by atoms with van der Waals surface area (Å²) in [6.07, 6.45) is 0. The summed E-state index contributed by atoms with van der Waals surface area (Å²) in [4.78, 5) is 18.6. The zero-order valence-corrected chi connectivity index (χ0v) is 14.2. The molecule has 2 aromatic carbocycles. The van der Waals surface area contributed by atoms with E-state index in [1.807, 2.05) is 48.5 Å². The van der Waals surface area contributed by atoms with Gasteiger partial charge in [-0.05, 0) is 29.6 Å². The minimum Gasteiger partial charge on any atom is -0.340 e. The van der Waals surface area contributed by atoms with Crippen molar-refractivity contribution in [2.45, 2.75) is 0 Å². The number of anilines is 2. The molecular formula is C19H12N4O2S. The van der Waals surface area contributed by atoms with Crippen molar-refractivity contribution in [2.24, 2.45) is 0 Å². The van der Waals surface area contributed by atoms with Gasteiger partial charge in [-0.1, -0.05) is 35.5 Å². The Morgan fingerprint density at radius 3 is 2.73 bits per heavy atom. The van der Waals surface area contributed by atoms with Crippen LogP contribution in [0.2, 0.25) is 0 Å². The van der Waals surface area contributed by atoms with Crippen LogP contribution in [-0.2, 0) is 0 Å². The predicted molar refractivity (Wildman–Crippen MR) is 103 cm³/mol. The fourth-order valence-corrected chi connectivity index (χ4v) is 3.89. The molecule has 26 heavy (non-hydrogen) atoms. The van der Waals surface area contributed by atoms with Crippen molar-refractivity contribution in [3.63, 3.8) is 0 Å². The summed E-state index contributed by atoms with van der Waals surface area (Å²) in [5.74, 6) is 0.612. The van der Waals surface area contributed by atoms with Crippen LogP contribution in [0.3, 0.4) is 0 Å². The number of fused-ring (bicyclic) bond motifs is 3. The monoisotopic (exact) mass is 360 g/mol. The number of nitrogens with one attached hydrogen (secondary N) is 2. The van der Waals surface area contributed by atoms with Crippen molar-refractivity contribution in [1.82, 2.24) is 15.1 Å². The third-order valence-corrected chi connectivity index (χ3v) is 5.09. The van der Waals surface area contributed by atoms with Crippen molar-refractivity contribution in [3.05, 3.63) is 70.5 Å². The Bertz CT molecular complexity index is 1290. The minimum atomic E-state index is -0.576. The first kappa shape index (κ1) is 14.9. The highest BCUT2D eigenvalue weighted by Crippen LogP contribution is 2.35. The second-order valence-electron chi connectivity index (χ2n) is 5.79. The molecule has 0 radical (unpaired) electrons. The molecule has 5 rings (SSSR count). The summed E-state index contributed by atoms with van der Waals surface area (Å²) in [6, 6.07) is 17.8. The van der Waals surface area contributed by atoms with Gasteiger partial charge in [-0.3, -0.25) is 9.51 Å². The van der Waals surface area contributed by atoms with Gasteiger partial charge in [-0.25, -0.2) is 9.78 Å². The number of aromatic amines is 1. The Morgan fingerprint density at radius 1 is 1.04 bits per heavy atom. The number of hydrogen-bond acceptors (Lipinski definition) is 6. The normalized spacial score (nSPS) is 11.2. The lowest BCUT2D eigenvalue weighted by atomic mass is 10.1. The minimum absolute atomic E-state index is 0.391. The van der Waals surface area contributed by atoms with Crippen LogP contribution in [0.5, 0.6) is 0 Å². The van der Waals surface area contributed by atoms with E-state index in [4.69, 9.17) is 4.98 Å². The van der Waals surface area contributed by atoms with Gasteiger partial charge in [-0.15, -0.1) is 11.3 Å². The first-order valence-corrected chi connectivity index (χ1v) is 8.85. The Hall–Kier alpha value is -3.45. The standard InChI is InChI=1S/C19H12N4O2S/c24-19-22-17(23-25-19)11-6-7-13-15(10-11)21-18(14-8-9-26-16(13)14)20-12-4-2-1-3-5-12/h1-10H,(H,20,21)(H,22,23,24). The van der Waals surface area contributed by atoms with Gasteiger partial charge in [-0.2, -0.15) is 0 Å². The molecule has 2 N–H and O–H groups in total. The molecule has 0 saturated heterocycles. The number of para-hydroxylation sites is 1. The smallest absolute Gasteiger partial charge is 0.340 e. The molecule has 5 aromatic rings. The summed E-state index contributed by atoms with van der Waals surface area (Å²) in [5.41, 5.74) is 2.54. The van der Waals surface area contributed by atoms with Gasteiger partial charge in [0.25, 0.3) is 0 Å². The second-order valence-corrected chi connectivity index (χ2v) is 6.71. The Morgan fingerprint density at radius 2 is 1.92 bits per heavy atom. The highest BCUT2D eigenvalue weighted by Gasteiger charge is 2.12. The second kappa shape index (κ2) is 5.82. The highest BCUT2D eigenvalue weighted by molar-refractivity contribution is 7.18. The number of benzene rings is 2. The van der Waals surface area contributed by atoms with Crippen LogP contribution in [0, 0.1) is 0 Å². The third kappa shape index (κ3) is 2.46. The number of hydrogen-bond donors (Lipinski definition) is 2. The Balaban J connectivity index is 1.71. The number of thiophene rings is 1. The van der Waals surface area contributed by atoms with Crippen LogP contribution in [0.4, 0.5) is 11.5 Å². The summed E-state index contributed by atoms with van der Waals surface area (Å²) < 4.78 is 5.76. The lowest BCUT2D eigenvalue weighted by Gasteiger charge is -2.10. The van der Waals surface area contributed by atoms with Gasteiger partial charge in [0.15, 0.2) is 5.82 Å². The van der Waals surface area contributed by atoms with Gasteiger partial charge < -0.3 is 5.32 Å². The quantitative estimate of drug-likeness (QED) is 0.494. The van der Waals surface area contributed by atoms with E-state index in [1.54, 1.807) is 11.3 Å². The first-order valence-electron chi connectivity index (χ1n) is 7.97. The maximum atomic E-state index is 11.2. The van der Waals surface area contributed by atoms with Crippen molar-refractivity contribution >= 4 is 43.8 Å². The topological polar surface area (TPSA) is 83.8 Å². The van der Waals surface area contributed by atoms with Crippen molar-refractivity contribution in [1.29, 1.82) is 0 Å². The number of nitrogens with zero attached hydrogens (tertiary/aromatic N) is 2. The van der Waals surface area contributed by atoms with Crippen LogP contribution < -0.4 is 11.1 Å². The van der Waals surface area contributed by atoms with E-state index in [0.29, 0.717) is 5.82 Å². The van der Waals surface area contributed by atoms with E-state index >= 15 is 0 Å². The first-order chi connectivity index (χ1) is 12.8. The largest absolute Gasteiger partial charge is 0.439 e. The van der Waals surface area contributed by atoms with E-state index in [-0.39, 0.29) is 0 Å². The van der Waals surface area contributed by atoms with E-state index < -0.39 is 5.76 Å². The van der Waals surface area contributed by atoms with Gasteiger partial charge >= 0.3 is 5.76 Å². The molecule has 3 heterocycles. The molecule has 7 heteroatoms. The summed E-state index contributed by atoms with van der Waals surface area (Å²) >= 11 is 1.68. The van der Waals surface area contributed by atoms with Gasteiger partial charge in [0.05, 0.1) is 5.52 Å². The van der Waals surface area contributed by atoms with Crippen molar-refractivity contribution < 1.29 is 4.52 Å². The van der Waals surface area contributed by atoms with Crippen molar-refractivity contribution in [3.8, 4) is 11.4 Å². The molecular weight excluding hydrogens is 348 g/mol. The lowest BCUT2D eigenvalue weighted by molar-refractivity contribution is 0.388. The predicted octanol–water partition coefficient (Wildman–Crippen LogP) is 4.54. The van der Waals surface area contributed by atoms with E-state index in [1.165, 1.54) is 0 Å². The molecule has 0 spiro atoms. The Labute approximate surface area is 151 Å². The highest BCUT2D eigenvalue weighted by atomic mass is 32.1. The molecule has 3 aromatic heterocycles. The van der Waals surface area contributed by atoms with Crippen LogP contribution in [0.15, 0.2) is 69.3 Å². The third-order valence-electron chi connectivity index (χ3n) is 4.15. The molecule has 126 valence electrons. The molecule has 0 aliphatic heterocycles. The molecule has 0 aliphatic carbocycles. The average Bonchev–Trinajstić information content (AvgIpc) is 3.32. The molecule has 0 fully saturated rings. The molecule has 6 nitrogen and oxygen atoms in total. The molecule has 0 bridgehead atoms. The summed E-state index contributed by atoms with van der Waals surface area (Å²) in [5, 5.41) is 11.3. The number of rotatable bonds is 3. The molecule has 0 aliphatic rings. The van der Waals surface area contributed by atoms with Gasteiger partial charge in [0.2, 0.25) is 0 Å². The van der Waals surface area contributed by atoms with E-state index in [0.717, 1.165) is 38.1 Å². The van der Waals surface area contributed by atoms with Crippen LogP contribution in [-0.4, -0.2) is 15.1 Å². The SMILES string of the molecule is O=c1[nH]c(-c2ccc3c(c2)nc(Nc2ccccc2)c2ccsc23)no1. The van der Waals surface area contributed by atoms with Gasteiger partial charge in [0, 0.05) is 26.7 Å². The fraction of sp³-hybridized carbons (Fsp3) is 0. The fourth-order valence-electron chi connectivity index (χ4n) is 2.96. The van der Waals surface area contributed by atoms with Crippen LogP contribution >= 0.6 is 11.3 Å². The number of aromatic nitrogens is 3. The molecule has 0 saturated carbocycles. The number of H-pyrrole nitrogens is 1.